The molecule has 3 rings (SSSR count). The first-order valence-electron chi connectivity index (χ1n) is 7.75. The smallest absolute Gasteiger partial charge is 0.219 e. The maximum Gasteiger partial charge on any atom is 0.219 e. The molecule has 0 spiro atoms. The van der Waals surface area contributed by atoms with E-state index in [0.717, 1.165) is 25.7 Å². The minimum atomic E-state index is -3.33. The van der Waals surface area contributed by atoms with Crippen LogP contribution in [0.25, 0.3) is 0 Å². The summed E-state index contributed by atoms with van der Waals surface area (Å²) >= 11 is 0. The van der Waals surface area contributed by atoms with Gasteiger partial charge in [-0.3, -0.25) is 0 Å². The molecule has 1 aliphatic carbocycles. The third-order valence-electron chi connectivity index (χ3n) is 5.22. The van der Waals surface area contributed by atoms with Gasteiger partial charge in [-0.05, 0) is 31.1 Å². The zero-order valence-electron chi connectivity index (χ0n) is 12.2. The van der Waals surface area contributed by atoms with Crippen molar-refractivity contribution in [3.8, 4) is 0 Å². The van der Waals surface area contributed by atoms with Crippen molar-refractivity contribution in [2.24, 2.45) is 11.8 Å². The normalized spacial score (nSPS) is 39.8. The molecular weight excluding hydrogens is 278 g/mol. The molecule has 2 saturated heterocycles. The molecule has 116 valence electrons. The Hall–Kier alpha value is -0.170. The summed E-state index contributed by atoms with van der Waals surface area (Å²) < 4.78 is 32.7. The zero-order chi connectivity index (χ0) is 14.5. The molecule has 2 aliphatic heterocycles. The maximum atomic E-state index is 12.8. The first-order valence-corrected chi connectivity index (χ1v) is 9.25. The lowest BCUT2D eigenvalue weighted by atomic mass is 9.82. The van der Waals surface area contributed by atoms with Crippen LogP contribution in [0.4, 0.5) is 0 Å². The summed E-state index contributed by atoms with van der Waals surface area (Å²) in [5, 5.41) is 10.2. The highest BCUT2D eigenvalue weighted by Gasteiger charge is 2.54. The highest BCUT2D eigenvalue weighted by atomic mass is 32.2. The Labute approximate surface area is 121 Å². The number of fused-ring (bicyclic) bond motifs is 2. The van der Waals surface area contributed by atoms with Crippen LogP contribution in [0.5, 0.6) is 0 Å². The van der Waals surface area contributed by atoms with Crippen molar-refractivity contribution < 1.29 is 18.3 Å². The van der Waals surface area contributed by atoms with Crippen LogP contribution in [-0.2, 0) is 14.8 Å². The first kappa shape index (κ1) is 14.8. The van der Waals surface area contributed by atoms with Crippen molar-refractivity contribution in [1.82, 2.24) is 4.31 Å². The molecule has 0 aromatic rings. The van der Waals surface area contributed by atoms with Gasteiger partial charge in [0.15, 0.2) is 0 Å². The monoisotopic (exact) mass is 303 g/mol. The van der Waals surface area contributed by atoms with Gasteiger partial charge in [0.05, 0.1) is 24.0 Å². The number of nitrogens with zero attached hydrogens (tertiary/aromatic N) is 1. The third kappa shape index (κ3) is 2.21. The maximum absolute atomic E-state index is 12.8. The summed E-state index contributed by atoms with van der Waals surface area (Å²) in [5.41, 5.74) is 0. The molecule has 0 radical (unpaired) electrons. The molecule has 6 heteroatoms. The summed E-state index contributed by atoms with van der Waals surface area (Å²) in [6, 6.07) is -0.0820. The highest BCUT2D eigenvalue weighted by Crippen LogP contribution is 2.42. The van der Waals surface area contributed by atoms with Crippen LogP contribution in [0.2, 0.25) is 0 Å². The molecule has 0 aromatic carbocycles. The van der Waals surface area contributed by atoms with Crippen LogP contribution in [0.3, 0.4) is 0 Å². The van der Waals surface area contributed by atoms with E-state index in [9.17, 15) is 13.5 Å². The number of aliphatic hydroxyl groups is 1. The Balaban J connectivity index is 1.85. The lowest BCUT2D eigenvalue weighted by Crippen LogP contribution is -2.57. The van der Waals surface area contributed by atoms with Gasteiger partial charge in [-0.1, -0.05) is 26.7 Å². The van der Waals surface area contributed by atoms with Crippen molar-refractivity contribution in [3.63, 3.8) is 0 Å². The Morgan fingerprint density at radius 1 is 1.25 bits per heavy atom. The Bertz CT molecular complexity index is 458. The summed E-state index contributed by atoms with van der Waals surface area (Å²) in [6.45, 7) is 4.58. The first-order chi connectivity index (χ1) is 9.43. The highest BCUT2D eigenvalue weighted by molar-refractivity contribution is 7.89. The lowest BCUT2D eigenvalue weighted by Gasteiger charge is -2.42. The molecule has 0 unspecified atom stereocenters. The van der Waals surface area contributed by atoms with E-state index in [0.29, 0.717) is 18.9 Å². The number of piperidine rings is 1. The fraction of sp³-hybridized carbons (Fsp3) is 1.00. The van der Waals surface area contributed by atoms with Crippen LogP contribution in [0.15, 0.2) is 0 Å². The fourth-order valence-corrected chi connectivity index (χ4v) is 6.34. The molecule has 1 saturated carbocycles. The van der Waals surface area contributed by atoms with E-state index in [1.165, 1.54) is 4.31 Å². The number of hydrogen-bond donors (Lipinski definition) is 1. The van der Waals surface area contributed by atoms with Gasteiger partial charge >= 0.3 is 0 Å². The molecule has 3 aliphatic rings. The zero-order valence-corrected chi connectivity index (χ0v) is 13.1. The van der Waals surface area contributed by atoms with Gasteiger partial charge in [0, 0.05) is 0 Å². The molecule has 5 nitrogen and oxygen atoms in total. The lowest BCUT2D eigenvalue weighted by molar-refractivity contribution is -0.0879. The number of ether oxygens (including phenoxy) is 1. The van der Waals surface area contributed by atoms with Crippen LogP contribution >= 0.6 is 0 Å². The quantitative estimate of drug-likeness (QED) is 0.854. The summed E-state index contributed by atoms with van der Waals surface area (Å²) in [5.74, 6) is 0.468. The Morgan fingerprint density at radius 3 is 2.50 bits per heavy atom. The van der Waals surface area contributed by atoms with Crippen LogP contribution in [0, 0.1) is 11.8 Å². The van der Waals surface area contributed by atoms with E-state index in [4.69, 9.17) is 4.74 Å². The van der Waals surface area contributed by atoms with Gasteiger partial charge in [0.1, 0.15) is 6.23 Å². The minimum absolute atomic E-state index is 0.0820. The molecule has 0 amide bonds. The van der Waals surface area contributed by atoms with Crippen molar-refractivity contribution in [2.45, 2.75) is 69.6 Å². The Morgan fingerprint density at radius 2 is 1.90 bits per heavy atom. The van der Waals surface area contributed by atoms with Gasteiger partial charge < -0.3 is 9.84 Å². The predicted molar refractivity (Wildman–Crippen MR) is 75.5 cm³/mol. The van der Waals surface area contributed by atoms with E-state index in [1.807, 2.05) is 0 Å². The van der Waals surface area contributed by atoms with E-state index >= 15 is 0 Å². The number of aliphatic hydroxyl groups excluding tert-OH is 1. The second-order valence-corrected chi connectivity index (χ2v) is 8.91. The van der Waals surface area contributed by atoms with Crippen molar-refractivity contribution in [3.05, 3.63) is 0 Å². The van der Waals surface area contributed by atoms with E-state index < -0.39 is 22.4 Å². The van der Waals surface area contributed by atoms with Gasteiger partial charge in [-0.15, -0.1) is 0 Å². The summed E-state index contributed by atoms with van der Waals surface area (Å²) in [4.78, 5) is 0. The molecule has 1 N–H and O–H groups in total. The topological polar surface area (TPSA) is 66.8 Å². The van der Waals surface area contributed by atoms with Gasteiger partial charge in [0.25, 0.3) is 0 Å². The predicted octanol–water partition coefficient (Wildman–Crippen LogP) is 1.32. The van der Waals surface area contributed by atoms with Gasteiger partial charge in [-0.2, -0.15) is 4.31 Å². The molecule has 2 heterocycles. The van der Waals surface area contributed by atoms with Crippen molar-refractivity contribution >= 4 is 10.0 Å². The summed E-state index contributed by atoms with van der Waals surface area (Å²) in [7, 11) is -3.33. The average molecular weight is 303 g/mol. The van der Waals surface area contributed by atoms with Crippen LogP contribution in [0.1, 0.15) is 46.0 Å². The largest absolute Gasteiger partial charge is 0.389 e. The van der Waals surface area contributed by atoms with Crippen LogP contribution in [-0.4, -0.2) is 48.1 Å². The standard InChI is InChI=1S/C14H25NO4S/c1-9(2)12-7-10-8-19-14(13(12)16)15(10)20(17,18)11-5-3-4-6-11/h9-14,16H,3-8H2,1-2H3/t10-,12-,13-,14-/m0/s1. The fourth-order valence-electron chi connectivity index (χ4n) is 4.03. The van der Waals surface area contributed by atoms with Gasteiger partial charge in [-0.25, -0.2) is 8.42 Å². The second kappa shape index (κ2) is 5.23. The van der Waals surface area contributed by atoms with Crippen molar-refractivity contribution in [1.29, 1.82) is 0 Å². The molecule has 20 heavy (non-hydrogen) atoms. The molecule has 2 bridgehead atoms. The van der Waals surface area contributed by atoms with Crippen molar-refractivity contribution in [2.75, 3.05) is 6.61 Å². The van der Waals surface area contributed by atoms with E-state index in [2.05, 4.69) is 13.8 Å². The molecule has 0 aromatic heterocycles. The van der Waals surface area contributed by atoms with Crippen LogP contribution < -0.4 is 0 Å². The molecular formula is C14H25NO4S. The number of hydrogen-bond acceptors (Lipinski definition) is 4. The molecule has 3 fully saturated rings. The minimum Gasteiger partial charge on any atom is -0.389 e. The van der Waals surface area contributed by atoms with E-state index in [1.54, 1.807) is 0 Å². The second-order valence-electron chi connectivity index (χ2n) is 6.79. The number of rotatable bonds is 3. The average Bonchev–Trinajstić information content (AvgIpc) is 3.02. The molecule has 4 atom stereocenters. The SMILES string of the molecule is CC(C)[C@@H]1C[C@H]2CO[C@@H]([C@H]1O)N2S(=O)(=O)C1CCCC1. The Kier molecular flexibility index (Phi) is 3.86. The van der Waals surface area contributed by atoms with E-state index in [-0.39, 0.29) is 17.2 Å². The third-order valence-corrected chi connectivity index (χ3v) is 7.63. The summed E-state index contributed by atoms with van der Waals surface area (Å²) in [6.07, 6.45) is 2.83. The number of sulfonamides is 1. The van der Waals surface area contributed by atoms with Gasteiger partial charge in [0.2, 0.25) is 10.0 Å².